The highest BCUT2D eigenvalue weighted by Crippen LogP contribution is 2.04. The first-order valence-electron chi connectivity index (χ1n) is 2.37. The molecule has 0 spiro atoms. The van der Waals surface area contributed by atoms with Crippen LogP contribution in [0.2, 0.25) is 0 Å². The second-order valence-corrected chi connectivity index (χ2v) is 2.19. The molecular formula is C4H8INO. The fraction of sp³-hybridized carbons (Fsp3) is 1.00. The predicted octanol–water partition coefficient (Wildman–Crippen LogP) is 1.02. The highest BCUT2D eigenvalue weighted by Gasteiger charge is 2.08. The zero-order valence-electron chi connectivity index (χ0n) is 4.06. The fourth-order valence-corrected chi connectivity index (χ4v) is 1.13. The minimum Gasteiger partial charge on any atom is -0.298 e. The van der Waals surface area contributed by atoms with E-state index >= 15 is 0 Å². The first-order chi connectivity index (χ1) is 3.43. The quantitative estimate of drug-likeness (QED) is 0.366. The van der Waals surface area contributed by atoms with Gasteiger partial charge in [0.1, 0.15) is 0 Å². The van der Waals surface area contributed by atoms with Crippen LogP contribution in [0.15, 0.2) is 0 Å². The van der Waals surface area contributed by atoms with E-state index in [1.807, 2.05) is 5.06 Å². The maximum absolute atomic E-state index is 5.13. The zero-order valence-corrected chi connectivity index (χ0v) is 6.22. The molecule has 7 heavy (non-hydrogen) atoms. The molecule has 0 saturated carbocycles. The van der Waals surface area contributed by atoms with E-state index in [9.17, 15) is 0 Å². The van der Waals surface area contributed by atoms with Crippen molar-refractivity contribution in [1.29, 1.82) is 0 Å². The topological polar surface area (TPSA) is 12.5 Å². The van der Waals surface area contributed by atoms with Crippen LogP contribution in [-0.4, -0.2) is 22.8 Å². The average Bonchev–Trinajstić information content (AvgIpc) is 2.14. The predicted molar refractivity (Wildman–Crippen MR) is 36.2 cm³/mol. The first kappa shape index (κ1) is 5.78. The summed E-state index contributed by atoms with van der Waals surface area (Å²) in [5.74, 6) is 0. The van der Waals surface area contributed by atoms with Gasteiger partial charge in [0.25, 0.3) is 0 Å². The van der Waals surface area contributed by atoms with Crippen LogP contribution < -0.4 is 0 Å². The number of hydrogen-bond acceptors (Lipinski definition) is 2. The standard InChI is InChI=1S/C4H8INO/c5-4-6-2-1-3-7-6/h1-4H2. The number of nitrogens with zero attached hydrogens (tertiary/aromatic N) is 1. The molecule has 0 amide bonds. The van der Waals surface area contributed by atoms with Crippen LogP contribution in [0.5, 0.6) is 0 Å². The smallest absolute Gasteiger partial charge is 0.0758 e. The minimum atomic E-state index is 0.920. The van der Waals surface area contributed by atoms with Gasteiger partial charge in [0.2, 0.25) is 0 Å². The van der Waals surface area contributed by atoms with E-state index in [1.54, 1.807) is 0 Å². The van der Waals surface area contributed by atoms with Crippen LogP contribution in [-0.2, 0) is 4.84 Å². The molecule has 1 heterocycles. The molecule has 0 bridgehead atoms. The number of hydrogen-bond donors (Lipinski definition) is 0. The third-order valence-corrected chi connectivity index (χ3v) is 1.72. The van der Waals surface area contributed by atoms with Crippen molar-refractivity contribution < 1.29 is 4.84 Å². The van der Waals surface area contributed by atoms with Gasteiger partial charge in [-0.05, 0) is 6.42 Å². The molecule has 0 N–H and O–H groups in total. The Hall–Kier alpha value is 0.650. The number of rotatable bonds is 1. The van der Waals surface area contributed by atoms with Crippen molar-refractivity contribution in [3.63, 3.8) is 0 Å². The van der Waals surface area contributed by atoms with Crippen molar-refractivity contribution in [3.8, 4) is 0 Å². The summed E-state index contributed by atoms with van der Waals surface area (Å²) in [6, 6.07) is 0. The first-order valence-corrected chi connectivity index (χ1v) is 3.90. The van der Waals surface area contributed by atoms with E-state index in [0.29, 0.717) is 0 Å². The summed E-state index contributed by atoms with van der Waals surface area (Å²) >= 11 is 2.29. The lowest BCUT2D eigenvalue weighted by Gasteiger charge is -2.06. The van der Waals surface area contributed by atoms with Crippen LogP contribution in [0.3, 0.4) is 0 Å². The van der Waals surface area contributed by atoms with Crippen LogP contribution in [0.25, 0.3) is 0 Å². The molecule has 1 aliphatic rings. The molecule has 1 saturated heterocycles. The van der Waals surface area contributed by atoms with E-state index in [-0.39, 0.29) is 0 Å². The summed E-state index contributed by atoms with van der Waals surface area (Å²) in [7, 11) is 0. The summed E-state index contributed by atoms with van der Waals surface area (Å²) in [6.45, 7) is 2.03. The van der Waals surface area contributed by atoms with Crippen molar-refractivity contribution >= 4 is 22.6 Å². The Kier molecular flexibility index (Phi) is 2.34. The maximum atomic E-state index is 5.13. The Morgan fingerprint density at radius 2 is 2.57 bits per heavy atom. The van der Waals surface area contributed by atoms with Crippen molar-refractivity contribution in [1.82, 2.24) is 5.06 Å². The SMILES string of the molecule is ICN1CCCO1. The summed E-state index contributed by atoms with van der Waals surface area (Å²) in [5, 5.41) is 1.97. The second kappa shape index (κ2) is 2.84. The Morgan fingerprint density at radius 1 is 1.71 bits per heavy atom. The maximum Gasteiger partial charge on any atom is 0.0758 e. The normalized spacial score (nSPS) is 23.6. The lowest BCUT2D eigenvalue weighted by molar-refractivity contribution is -0.0897. The molecule has 0 atom stereocenters. The van der Waals surface area contributed by atoms with Gasteiger partial charge in [-0.2, -0.15) is 5.06 Å². The van der Waals surface area contributed by atoms with Crippen molar-refractivity contribution in [2.24, 2.45) is 0 Å². The molecule has 0 aromatic heterocycles. The van der Waals surface area contributed by atoms with Crippen LogP contribution in [0.4, 0.5) is 0 Å². The van der Waals surface area contributed by atoms with Crippen molar-refractivity contribution in [2.75, 3.05) is 17.7 Å². The monoisotopic (exact) mass is 213 g/mol. The summed E-state index contributed by atoms with van der Waals surface area (Å²) < 4.78 is 0.998. The fourth-order valence-electron chi connectivity index (χ4n) is 0.593. The lowest BCUT2D eigenvalue weighted by Crippen LogP contribution is -2.14. The molecule has 0 aliphatic carbocycles. The van der Waals surface area contributed by atoms with Gasteiger partial charge in [0, 0.05) is 6.54 Å². The van der Waals surface area contributed by atoms with E-state index in [4.69, 9.17) is 4.84 Å². The van der Waals surface area contributed by atoms with Gasteiger partial charge < -0.3 is 0 Å². The van der Waals surface area contributed by atoms with E-state index in [1.165, 1.54) is 6.42 Å². The van der Waals surface area contributed by atoms with E-state index < -0.39 is 0 Å². The van der Waals surface area contributed by atoms with Gasteiger partial charge in [-0.15, -0.1) is 0 Å². The minimum absolute atomic E-state index is 0.920. The highest BCUT2D eigenvalue weighted by atomic mass is 127. The van der Waals surface area contributed by atoms with Crippen LogP contribution in [0, 0.1) is 0 Å². The van der Waals surface area contributed by atoms with Crippen LogP contribution in [0.1, 0.15) is 6.42 Å². The molecule has 42 valence electrons. The molecule has 3 heteroatoms. The Balaban J connectivity index is 2.14. The van der Waals surface area contributed by atoms with Gasteiger partial charge in [0.05, 0.1) is 11.2 Å². The molecule has 0 aromatic carbocycles. The summed E-state index contributed by atoms with van der Waals surface area (Å²) in [6.07, 6.45) is 1.20. The zero-order chi connectivity index (χ0) is 5.11. The van der Waals surface area contributed by atoms with E-state index in [2.05, 4.69) is 22.6 Å². The van der Waals surface area contributed by atoms with Crippen molar-refractivity contribution in [2.45, 2.75) is 6.42 Å². The molecular weight excluding hydrogens is 205 g/mol. The summed E-state index contributed by atoms with van der Waals surface area (Å²) in [5.41, 5.74) is 0. The Bertz CT molecular complexity index is 53.7. The summed E-state index contributed by atoms with van der Waals surface area (Å²) in [4.78, 5) is 5.13. The molecule has 1 fully saturated rings. The van der Waals surface area contributed by atoms with E-state index in [0.717, 1.165) is 17.7 Å². The average molecular weight is 213 g/mol. The number of alkyl halides is 1. The molecule has 1 aliphatic heterocycles. The molecule has 0 aromatic rings. The van der Waals surface area contributed by atoms with Gasteiger partial charge >= 0.3 is 0 Å². The third-order valence-electron chi connectivity index (χ3n) is 0.959. The highest BCUT2D eigenvalue weighted by molar-refractivity contribution is 14.1. The molecule has 0 unspecified atom stereocenters. The number of hydroxylamine groups is 2. The Labute approximate surface area is 56.9 Å². The lowest BCUT2D eigenvalue weighted by atomic mass is 10.5. The van der Waals surface area contributed by atoms with Gasteiger partial charge in [-0.3, -0.25) is 4.84 Å². The third kappa shape index (κ3) is 1.54. The molecule has 2 nitrogen and oxygen atoms in total. The van der Waals surface area contributed by atoms with Gasteiger partial charge in [-0.25, -0.2) is 0 Å². The number of halogens is 1. The van der Waals surface area contributed by atoms with Gasteiger partial charge in [-0.1, -0.05) is 22.6 Å². The van der Waals surface area contributed by atoms with Crippen molar-refractivity contribution in [3.05, 3.63) is 0 Å². The van der Waals surface area contributed by atoms with Crippen LogP contribution >= 0.6 is 22.6 Å². The Morgan fingerprint density at radius 3 is 2.86 bits per heavy atom. The molecule has 0 radical (unpaired) electrons. The molecule has 1 rings (SSSR count). The second-order valence-electron chi connectivity index (χ2n) is 1.51. The largest absolute Gasteiger partial charge is 0.298 e. The van der Waals surface area contributed by atoms with Gasteiger partial charge in [0.15, 0.2) is 0 Å².